The third kappa shape index (κ3) is 5.37. The van der Waals surface area contributed by atoms with E-state index < -0.39 is 0 Å². The minimum Gasteiger partial charge on any atom is -0.494 e. The lowest BCUT2D eigenvalue weighted by Gasteiger charge is -2.35. The molecule has 0 atom stereocenters. The number of nitrogens with one attached hydrogen (secondary N) is 1. The van der Waals surface area contributed by atoms with Gasteiger partial charge in [0.25, 0.3) is 5.91 Å². The van der Waals surface area contributed by atoms with Gasteiger partial charge in [-0.3, -0.25) is 9.78 Å². The Morgan fingerprint density at radius 2 is 1.76 bits per heavy atom. The summed E-state index contributed by atoms with van der Waals surface area (Å²) in [6.07, 6.45) is 2.99. The Kier molecular flexibility index (Phi) is 6.89. The highest BCUT2D eigenvalue weighted by atomic mass is 16.6. The Bertz CT molecular complexity index is 833. The van der Waals surface area contributed by atoms with Crippen molar-refractivity contribution in [3.05, 3.63) is 48.3 Å². The fourth-order valence-electron chi connectivity index (χ4n) is 3.09. The van der Waals surface area contributed by atoms with Crippen LogP contribution >= 0.6 is 0 Å². The molecule has 1 aliphatic rings. The van der Waals surface area contributed by atoms with Crippen LogP contribution in [0.5, 0.6) is 5.75 Å². The first-order valence-corrected chi connectivity index (χ1v) is 9.76. The van der Waals surface area contributed by atoms with Crippen molar-refractivity contribution in [3.8, 4) is 5.75 Å². The number of hydrogen-bond acceptors (Lipinski definition) is 6. The average molecular weight is 398 g/mol. The number of piperazine rings is 1. The van der Waals surface area contributed by atoms with Crippen LogP contribution in [0, 0.1) is 0 Å². The Balaban J connectivity index is 1.60. The van der Waals surface area contributed by atoms with Gasteiger partial charge in [-0.05, 0) is 44.2 Å². The molecule has 0 bridgehead atoms. The topological polar surface area (TPSA) is 84.0 Å². The monoisotopic (exact) mass is 398 g/mol. The summed E-state index contributed by atoms with van der Waals surface area (Å²) in [5.74, 6) is 0.532. The second kappa shape index (κ2) is 9.77. The maximum Gasteiger partial charge on any atom is 0.409 e. The molecular weight excluding hydrogens is 372 g/mol. The molecule has 1 aromatic heterocycles. The molecular formula is C21H26N4O4. The second-order valence-electron chi connectivity index (χ2n) is 6.52. The summed E-state index contributed by atoms with van der Waals surface area (Å²) in [5.41, 5.74) is 2.02. The lowest BCUT2D eigenvalue weighted by molar-refractivity contribution is 0.102. The van der Waals surface area contributed by atoms with E-state index in [9.17, 15) is 9.59 Å². The molecule has 2 heterocycles. The molecule has 8 heteroatoms. The second-order valence-corrected chi connectivity index (χ2v) is 6.52. The van der Waals surface area contributed by atoms with Crippen molar-refractivity contribution >= 4 is 23.4 Å². The fraction of sp³-hybridized carbons (Fsp3) is 0.381. The SMILES string of the molecule is CCOC(=O)N1CCN(c2cncc(C(=O)Nc3ccc(OCC)cc3)c2)CC1. The van der Waals surface area contributed by atoms with E-state index in [2.05, 4.69) is 15.2 Å². The molecule has 1 saturated heterocycles. The molecule has 154 valence electrons. The van der Waals surface area contributed by atoms with E-state index in [-0.39, 0.29) is 12.0 Å². The van der Waals surface area contributed by atoms with Crippen LogP contribution in [-0.4, -0.2) is 61.3 Å². The third-order valence-electron chi connectivity index (χ3n) is 4.58. The molecule has 2 amide bonds. The molecule has 2 aromatic rings. The van der Waals surface area contributed by atoms with Crippen LogP contribution in [0.25, 0.3) is 0 Å². The number of carbonyl (C=O) groups excluding carboxylic acids is 2. The van der Waals surface area contributed by atoms with Gasteiger partial charge in [-0.1, -0.05) is 0 Å². The number of amides is 2. The molecule has 0 aliphatic carbocycles. The number of aromatic nitrogens is 1. The smallest absolute Gasteiger partial charge is 0.409 e. The van der Waals surface area contributed by atoms with E-state index >= 15 is 0 Å². The van der Waals surface area contributed by atoms with Crippen LogP contribution in [0.3, 0.4) is 0 Å². The van der Waals surface area contributed by atoms with Gasteiger partial charge in [0.15, 0.2) is 0 Å². The summed E-state index contributed by atoms with van der Waals surface area (Å²) >= 11 is 0. The highest BCUT2D eigenvalue weighted by Gasteiger charge is 2.22. The molecule has 29 heavy (non-hydrogen) atoms. The van der Waals surface area contributed by atoms with E-state index in [0.717, 1.165) is 11.4 Å². The van der Waals surface area contributed by atoms with Gasteiger partial charge in [-0.25, -0.2) is 4.79 Å². The Morgan fingerprint density at radius 1 is 1.03 bits per heavy atom. The van der Waals surface area contributed by atoms with Gasteiger partial charge < -0.3 is 24.6 Å². The van der Waals surface area contributed by atoms with Crippen LogP contribution in [0.15, 0.2) is 42.7 Å². The zero-order valence-electron chi connectivity index (χ0n) is 16.8. The Hall–Kier alpha value is -3.29. The molecule has 1 aliphatic heterocycles. The molecule has 1 N–H and O–H groups in total. The van der Waals surface area contributed by atoms with E-state index in [1.807, 2.05) is 25.1 Å². The van der Waals surface area contributed by atoms with Crippen molar-refractivity contribution in [3.63, 3.8) is 0 Å². The quantitative estimate of drug-likeness (QED) is 0.805. The van der Waals surface area contributed by atoms with Crippen LogP contribution in [0.4, 0.5) is 16.2 Å². The standard InChI is InChI=1S/C21H26N4O4/c1-3-28-19-7-5-17(6-8-19)23-20(26)16-13-18(15-22-14-16)24-9-11-25(12-10-24)21(27)29-4-2/h5-8,13-15H,3-4,9-12H2,1-2H3,(H,23,26). The highest BCUT2D eigenvalue weighted by molar-refractivity contribution is 6.04. The number of pyridine rings is 1. The summed E-state index contributed by atoms with van der Waals surface area (Å²) in [6.45, 7) is 7.14. The first kappa shape index (κ1) is 20.4. The Labute approximate surface area is 170 Å². The zero-order valence-corrected chi connectivity index (χ0v) is 16.8. The van der Waals surface area contributed by atoms with Gasteiger partial charge in [0.2, 0.25) is 0 Å². The number of carbonyl (C=O) groups is 2. The van der Waals surface area contributed by atoms with Crippen molar-refractivity contribution in [1.29, 1.82) is 0 Å². The Morgan fingerprint density at radius 3 is 2.41 bits per heavy atom. The predicted molar refractivity (Wildman–Crippen MR) is 111 cm³/mol. The van der Waals surface area contributed by atoms with Gasteiger partial charge in [-0.15, -0.1) is 0 Å². The van der Waals surface area contributed by atoms with Crippen molar-refractivity contribution in [2.24, 2.45) is 0 Å². The van der Waals surface area contributed by atoms with E-state index in [1.165, 1.54) is 0 Å². The summed E-state index contributed by atoms with van der Waals surface area (Å²) in [4.78, 5) is 32.4. The van der Waals surface area contributed by atoms with Crippen molar-refractivity contribution in [1.82, 2.24) is 9.88 Å². The lowest BCUT2D eigenvalue weighted by atomic mass is 10.2. The highest BCUT2D eigenvalue weighted by Crippen LogP contribution is 2.19. The first-order valence-electron chi connectivity index (χ1n) is 9.76. The number of hydrogen-bond donors (Lipinski definition) is 1. The van der Waals surface area contributed by atoms with Gasteiger partial charge in [0.1, 0.15) is 5.75 Å². The molecule has 1 fully saturated rings. The summed E-state index contributed by atoms with van der Waals surface area (Å²) in [5, 5.41) is 2.87. The van der Waals surface area contributed by atoms with Crippen LogP contribution < -0.4 is 15.0 Å². The third-order valence-corrected chi connectivity index (χ3v) is 4.58. The first-order chi connectivity index (χ1) is 14.1. The number of ether oxygens (including phenoxy) is 2. The van der Waals surface area contributed by atoms with Crippen molar-refractivity contribution < 1.29 is 19.1 Å². The number of anilines is 2. The number of rotatable bonds is 6. The molecule has 0 radical (unpaired) electrons. The molecule has 8 nitrogen and oxygen atoms in total. The predicted octanol–water partition coefficient (Wildman–Crippen LogP) is 3.01. The summed E-state index contributed by atoms with van der Waals surface area (Å²) < 4.78 is 10.5. The largest absolute Gasteiger partial charge is 0.494 e. The van der Waals surface area contributed by atoms with Crippen LogP contribution in [0.1, 0.15) is 24.2 Å². The normalized spacial score (nSPS) is 13.7. The van der Waals surface area contributed by atoms with E-state index in [0.29, 0.717) is 50.6 Å². The van der Waals surface area contributed by atoms with Crippen LogP contribution in [0.2, 0.25) is 0 Å². The maximum absolute atomic E-state index is 12.6. The van der Waals surface area contributed by atoms with Crippen molar-refractivity contribution in [2.45, 2.75) is 13.8 Å². The number of nitrogens with zero attached hydrogens (tertiary/aromatic N) is 3. The molecule has 1 aromatic carbocycles. The fourth-order valence-corrected chi connectivity index (χ4v) is 3.09. The summed E-state index contributed by atoms with van der Waals surface area (Å²) in [7, 11) is 0. The average Bonchev–Trinajstić information content (AvgIpc) is 2.76. The van der Waals surface area contributed by atoms with Gasteiger partial charge in [0, 0.05) is 38.1 Å². The maximum atomic E-state index is 12.6. The molecule has 0 unspecified atom stereocenters. The number of benzene rings is 1. The summed E-state index contributed by atoms with van der Waals surface area (Å²) in [6, 6.07) is 9.05. The minimum atomic E-state index is -0.284. The molecule has 3 rings (SSSR count). The molecule has 0 spiro atoms. The van der Waals surface area contributed by atoms with Gasteiger partial charge in [-0.2, -0.15) is 0 Å². The van der Waals surface area contributed by atoms with Gasteiger partial charge in [0.05, 0.1) is 30.7 Å². The van der Waals surface area contributed by atoms with Crippen LogP contribution in [-0.2, 0) is 4.74 Å². The molecule has 0 saturated carbocycles. The van der Waals surface area contributed by atoms with Gasteiger partial charge >= 0.3 is 6.09 Å². The van der Waals surface area contributed by atoms with E-state index in [1.54, 1.807) is 36.4 Å². The lowest BCUT2D eigenvalue weighted by Crippen LogP contribution is -2.49. The zero-order chi connectivity index (χ0) is 20.6. The minimum absolute atomic E-state index is 0.228. The van der Waals surface area contributed by atoms with E-state index in [4.69, 9.17) is 9.47 Å². The van der Waals surface area contributed by atoms with Crippen molar-refractivity contribution in [2.75, 3.05) is 49.6 Å².